The van der Waals surface area contributed by atoms with Gasteiger partial charge in [0.1, 0.15) is 0 Å². The van der Waals surface area contributed by atoms with Crippen LogP contribution in [0, 0.1) is 5.92 Å². The minimum absolute atomic E-state index is 0.326. The van der Waals surface area contributed by atoms with Crippen molar-refractivity contribution in [1.29, 1.82) is 0 Å². The molecule has 4 nitrogen and oxygen atoms in total. The van der Waals surface area contributed by atoms with Gasteiger partial charge in [-0.2, -0.15) is 0 Å². The van der Waals surface area contributed by atoms with E-state index in [1.54, 1.807) is 6.92 Å². The molecule has 0 radical (unpaired) electrons. The van der Waals surface area contributed by atoms with Crippen molar-refractivity contribution < 1.29 is 19.1 Å². The first-order chi connectivity index (χ1) is 11.6. The zero-order valence-electron chi connectivity index (χ0n) is 13.5. The fraction of sp³-hybridized carbons (Fsp3) is 0.263. The van der Waals surface area contributed by atoms with Crippen LogP contribution < -0.4 is 4.46 Å². The fourth-order valence-electron chi connectivity index (χ4n) is 2.96. The number of cyclic esters (lactones) is 1. The van der Waals surface area contributed by atoms with E-state index in [4.69, 9.17) is 9.47 Å². The molecule has 1 aliphatic heterocycles. The van der Waals surface area contributed by atoms with Gasteiger partial charge < -0.3 is 0 Å². The zero-order valence-corrected chi connectivity index (χ0v) is 15.2. The van der Waals surface area contributed by atoms with Gasteiger partial charge in [0.05, 0.1) is 0 Å². The van der Waals surface area contributed by atoms with Crippen LogP contribution in [0.1, 0.15) is 18.6 Å². The summed E-state index contributed by atoms with van der Waals surface area (Å²) in [5, 5.41) is 0. The average Bonchev–Trinajstić information content (AvgIpc) is 2.88. The maximum absolute atomic E-state index is 12.8. The van der Waals surface area contributed by atoms with Crippen molar-refractivity contribution in [2.24, 2.45) is 5.92 Å². The van der Waals surface area contributed by atoms with Crippen molar-refractivity contribution in [3.63, 3.8) is 0 Å². The molecule has 0 spiro atoms. The van der Waals surface area contributed by atoms with E-state index in [-0.39, 0.29) is 20.9 Å². The number of ether oxygens (including phenoxy) is 2. The van der Waals surface area contributed by atoms with Crippen molar-refractivity contribution in [1.82, 2.24) is 0 Å². The van der Waals surface area contributed by atoms with E-state index >= 15 is 0 Å². The van der Waals surface area contributed by atoms with Gasteiger partial charge in [-0.1, -0.05) is 0 Å². The summed E-state index contributed by atoms with van der Waals surface area (Å²) >= 11 is -0.326. The molecular weight excluding hydrogens is 371 g/mol. The number of rotatable bonds is 4. The zero-order chi connectivity index (χ0) is 17.2. The van der Waals surface area contributed by atoms with Crippen LogP contribution in [0.3, 0.4) is 0 Å². The normalized spacial score (nSPS) is 26.0. The van der Waals surface area contributed by atoms with Gasteiger partial charge in [-0.05, 0) is 0 Å². The Labute approximate surface area is 147 Å². The van der Waals surface area contributed by atoms with E-state index in [1.165, 1.54) is 7.11 Å². The number of methoxy groups -OCH3 is 1. The topological polar surface area (TPSA) is 52.6 Å². The molecule has 0 saturated carbocycles. The van der Waals surface area contributed by atoms with Gasteiger partial charge >= 0.3 is 147 Å². The second kappa shape index (κ2) is 6.79. The molecule has 124 valence electrons. The molecule has 0 unspecified atom stereocenters. The van der Waals surface area contributed by atoms with Gasteiger partial charge in [0.2, 0.25) is 0 Å². The van der Waals surface area contributed by atoms with E-state index in [0.717, 1.165) is 10.0 Å². The van der Waals surface area contributed by atoms with Crippen LogP contribution in [0.4, 0.5) is 0 Å². The van der Waals surface area contributed by atoms with Gasteiger partial charge in [-0.15, -0.1) is 0 Å². The van der Waals surface area contributed by atoms with Crippen LogP contribution in [0.5, 0.6) is 0 Å². The predicted molar refractivity (Wildman–Crippen MR) is 91.0 cm³/mol. The maximum atomic E-state index is 12.8. The number of benzene rings is 2. The number of hydrogen-bond donors (Lipinski definition) is 0. The van der Waals surface area contributed by atoms with Crippen LogP contribution in [-0.2, 0) is 19.1 Å². The van der Waals surface area contributed by atoms with Gasteiger partial charge in [-0.3, -0.25) is 0 Å². The third kappa shape index (κ3) is 2.74. The molecule has 0 aliphatic carbocycles. The van der Waals surface area contributed by atoms with Crippen molar-refractivity contribution in [2.75, 3.05) is 7.11 Å². The molecule has 0 N–H and O–H groups in total. The van der Waals surface area contributed by atoms with Gasteiger partial charge in [0.15, 0.2) is 0 Å². The Balaban J connectivity index is 2.12. The molecule has 1 saturated heterocycles. The predicted octanol–water partition coefficient (Wildman–Crippen LogP) is 2.28. The van der Waals surface area contributed by atoms with E-state index in [1.807, 2.05) is 60.7 Å². The van der Waals surface area contributed by atoms with Crippen molar-refractivity contribution in [3.05, 3.63) is 66.2 Å². The van der Waals surface area contributed by atoms with Crippen LogP contribution in [0.25, 0.3) is 0 Å². The van der Waals surface area contributed by atoms with Gasteiger partial charge in [-0.25, -0.2) is 0 Å². The summed E-state index contributed by atoms with van der Waals surface area (Å²) in [6.07, 6.45) is -0.631. The molecule has 3 atom stereocenters. The SMILES string of the molecule is COC(=O)[C@]1([Se]c2ccccc2)[C@H](C)C(=O)O[C@@H]1c1ccccc1. The minimum atomic E-state index is -1.01. The molecule has 3 rings (SSSR count). The Morgan fingerprint density at radius 1 is 1.08 bits per heavy atom. The summed E-state index contributed by atoms with van der Waals surface area (Å²) in [5.41, 5.74) is 0.818. The summed E-state index contributed by atoms with van der Waals surface area (Å²) in [5.74, 6) is -1.30. The molecule has 0 aromatic heterocycles. The summed E-state index contributed by atoms with van der Waals surface area (Å²) < 4.78 is 10.8. The first kappa shape index (κ1) is 16.7. The molecule has 1 fully saturated rings. The van der Waals surface area contributed by atoms with Gasteiger partial charge in [0, 0.05) is 0 Å². The second-order valence-electron chi connectivity index (χ2n) is 5.65. The molecule has 5 heteroatoms. The van der Waals surface area contributed by atoms with Crippen LogP contribution in [0.2, 0.25) is 4.31 Å². The molecular formula is C19H18O4Se. The monoisotopic (exact) mass is 390 g/mol. The van der Waals surface area contributed by atoms with Gasteiger partial charge in [0.25, 0.3) is 0 Å². The summed E-state index contributed by atoms with van der Waals surface area (Å²) in [4.78, 5) is 25.2. The van der Waals surface area contributed by atoms with Crippen molar-refractivity contribution >= 4 is 31.4 Å². The van der Waals surface area contributed by atoms with Crippen LogP contribution in [0.15, 0.2) is 60.7 Å². The Morgan fingerprint density at radius 2 is 1.67 bits per heavy atom. The Kier molecular flexibility index (Phi) is 4.74. The Hall–Kier alpha value is -2.10. The van der Waals surface area contributed by atoms with Crippen molar-refractivity contribution in [3.8, 4) is 0 Å². The number of esters is 2. The number of carbonyl (C=O) groups is 2. The standard InChI is InChI=1S/C19H18O4Se/c1-13-17(20)23-16(14-9-5-3-6-10-14)19(13,18(21)22-2)24-15-11-7-4-8-12-15/h3-13,16H,1-2H3/t13-,16-,19+/m1/s1. The molecule has 0 amide bonds. The molecule has 0 bridgehead atoms. The summed E-state index contributed by atoms with van der Waals surface area (Å²) in [7, 11) is 1.36. The molecule has 2 aromatic carbocycles. The first-order valence-corrected chi connectivity index (χ1v) is 9.39. The van der Waals surface area contributed by atoms with Crippen LogP contribution >= 0.6 is 0 Å². The van der Waals surface area contributed by atoms with E-state index in [0.29, 0.717) is 0 Å². The summed E-state index contributed by atoms with van der Waals surface area (Å²) in [6.45, 7) is 1.76. The molecule has 1 heterocycles. The first-order valence-electron chi connectivity index (χ1n) is 7.67. The third-order valence-corrected chi connectivity index (χ3v) is 7.57. The molecule has 1 aliphatic rings. The average molecular weight is 389 g/mol. The van der Waals surface area contributed by atoms with E-state index < -0.39 is 22.3 Å². The Bertz CT molecular complexity index is 732. The summed E-state index contributed by atoms with van der Waals surface area (Å²) in [6, 6.07) is 19.2. The number of carbonyl (C=O) groups excluding carboxylic acids is 2. The number of hydrogen-bond acceptors (Lipinski definition) is 4. The third-order valence-electron chi connectivity index (χ3n) is 4.26. The van der Waals surface area contributed by atoms with E-state index in [2.05, 4.69) is 0 Å². The van der Waals surface area contributed by atoms with E-state index in [9.17, 15) is 9.59 Å². The molecule has 24 heavy (non-hydrogen) atoms. The quantitative estimate of drug-likeness (QED) is 0.595. The van der Waals surface area contributed by atoms with Crippen molar-refractivity contribution in [2.45, 2.75) is 17.3 Å². The second-order valence-corrected chi connectivity index (χ2v) is 8.48. The van der Waals surface area contributed by atoms with Crippen LogP contribution in [-0.4, -0.2) is 34.0 Å². The molecule has 2 aromatic rings. The fourth-order valence-corrected chi connectivity index (χ4v) is 5.93. The Morgan fingerprint density at radius 3 is 2.25 bits per heavy atom.